The van der Waals surface area contributed by atoms with Gasteiger partial charge in [-0.05, 0) is 43.9 Å². The van der Waals surface area contributed by atoms with Crippen LogP contribution in [0.3, 0.4) is 0 Å². The summed E-state index contributed by atoms with van der Waals surface area (Å²) in [6.07, 6.45) is 7.50. The van der Waals surface area contributed by atoms with Crippen LogP contribution in [0, 0.1) is 5.92 Å². The maximum absolute atomic E-state index is 5.58. The highest BCUT2D eigenvalue weighted by Gasteiger charge is 2.15. The van der Waals surface area contributed by atoms with Crippen LogP contribution in [0.1, 0.15) is 26.2 Å². The first-order valence-electron chi connectivity index (χ1n) is 4.54. The highest BCUT2D eigenvalue weighted by molar-refractivity contribution is 5.14. The van der Waals surface area contributed by atoms with Crippen LogP contribution in [0.4, 0.5) is 0 Å². The molecule has 2 nitrogen and oxygen atoms in total. The van der Waals surface area contributed by atoms with Crippen molar-refractivity contribution in [3.63, 3.8) is 0 Å². The summed E-state index contributed by atoms with van der Waals surface area (Å²) in [5.74, 6) is 0.601. The van der Waals surface area contributed by atoms with Gasteiger partial charge in [-0.25, -0.2) is 0 Å². The van der Waals surface area contributed by atoms with Gasteiger partial charge in [0.15, 0.2) is 0 Å². The predicted octanol–water partition coefficient (Wildman–Crippen LogP) is 1.53. The quantitative estimate of drug-likeness (QED) is 0.611. The standard InChI is InChI=1S/C10H18N2/c1-8-2-4-9(5-3-8)10(6-11)7-12/h2,6,9H,3-5,7,11-12H2,1H3/b10-6+. The Morgan fingerprint density at radius 2 is 2.50 bits per heavy atom. The molecule has 0 saturated heterocycles. The normalized spacial score (nSPS) is 25.3. The van der Waals surface area contributed by atoms with Crippen molar-refractivity contribution < 1.29 is 0 Å². The first-order chi connectivity index (χ1) is 5.77. The Hall–Kier alpha value is -0.760. The largest absolute Gasteiger partial charge is 0.405 e. The lowest BCUT2D eigenvalue weighted by atomic mass is 9.85. The molecule has 1 rings (SSSR count). The van der Waals surface area contributed by atoms with Crippen LogP contribution in [0.2, 0.25) is 0 Å². The van der Waals surface area contributed by atoms with Crippen LogP contribution >= 0.6 is 0 Å². The summed E-state index contributed by atoms with van der Waals surface area (Å²) < 4.78 is 0. The van der Waals surface area contributed by atoms with Crippen LogP contribution in [-0.4, -0.2) is 6.54 Å². The molecule has 0 amide bonds. The Morgan fingerprint density at radius 1 is 1.75 bits per heavy atom. The van der Waals surface area contributed by atoms with Crippen molar-refractivity contribution in [3.8, 4) is 0 Å². The number of rotatable bonds is 2. The molecule has 1 unspecified atom stereocenters. The minimum Gasteiger partial charge on any atom is -0.405 e. The van der Waals surface area contributed by atoms with Crippen LogP contribution < -0.4 is 11.5 Å². The predicted molar refractivity (Wildman–Crippen MR) is 52.4 cm³/mol. The Labute approximate surface area is 74.3 Å². The molecule has 0 aromatic carbocycles. The number of nitrogens with two attached hydrogens (primary N) is 2. The molecule has 0 saturated carbocycles. The van der Waals surface area contributed by atoms with Crippen LogP contribution in [-0.2, 0) is 0 Å². The van der Waals surface area contributed by atoms with Crippen LogP contribution in [0.15, 0.2) is 23.4 Å². The highest BCUT2D eigenvalue weighted by Crippen LogP contribution is 2.27. The monoisotopic (exact) mass is 166 g/mol. The molecule has 2 heteroatoms. The molecule has 12 heavy (non-hydrogen) atoms. The summed E-state index contributed by atoms with van der Waals surface area (Å²) in [6.45, 7) is 2.79. The fourth-order valence-corrected chi connectivity index (χ4v) is 1.67. The Bertz CT molecular complexity index is 204. The van der Waals surface area contributed by atoms with E-state index in [-0.39, 0.29) is 0 Å². The van der Waals surface area contributed by atoms with Crippen molar-refractivity contribution in [2.75, 3.05) is 6.54 Å². The van der Waals surface area contributed by atoms with Crippen molar-refractivity contribution in [2.45, 2.75) is 26.2 Å². The van der Waals surface area contributed by atoms with E-state index in [0.717, 1.165) is 6.42 Å². The highest BCUT2D eigenvalue weighted by atomic mass is 14.6. The summed E-state index contributed by atoms with van der Waals surface area (Å²) in [5.41, 5.74) is 13.8. The summed E-state index contributed by atoms with van der Waals surface area (Å²) in [7, 11) is 0. The lowest BCUT2D eigenvalue weighted by molar-refractivity contribution is 0.530. The fraction of sp³-hybridized carbons (Fsp3) is 0.600. The molecule has 1 aliphatic carbocycles. The molecule has 68 valence electrons. The first kappa shape index (κ1) is 9.33. The van der Waals surface area contributed by atoms with Crippen molar-refractivity contribution in [1.82, 2.24) is 0 Å². The zero-order valence-electron chi connectivity index (χ0n) is 7.72. The third-order valence-electron chi connectivity index (χ3n) is 2.61. The third-order valence-corrected chi connectivity index (χ3v) is 2.61. The first-order valence-corrected chi connectivity index (χ1v) is 4.54. The van der Waals surface area contributed by atoms with E-state index in [1.165, 1.54) is 24.0 Å². The van der Waals surface area contributed by atoms with E-state index in [1.807, 2.05) is 0 Å². The van der Waals surface area contributed by atoms with Gasteiger partial charge in [0, 0.05) is 6.54 Å². The molecule has 0 spiro atoms. The smallest absolute Gasteiger partial charge is 0.0157 e. The maximum atomic E-state index is 5.58. The molecule has 0 aliphatic heterocycles. The second-order valence-electron chi connectivity index (χ2n) is 3.47. The van der Waals surface area contributed by atoms with Gasteiger partial charge in [0.05, 0.1) is 0 Å². The van der Waals surface area contributed by atoms with E-state index < -0.39 is 0 Å². The van der Waals surface area contributed by atoms with Gasteiger partial charge < -0.3 is 11.5 Å². The second kappa shape index (κ2) is 4.31. The Balaban J connectivity index is 2.56. The van der Waals surface area contributed by atoms with E-state index in [4.69, 9.17) is 11.5 Å². The lowest BCUT2D eigenvalue weighted by Crippen LogP contribution is -2.16. The van der Waals surface area contributed by atoms with E-state index in [2.05, 4.69) is 13.0 Å². The van der Waals surface area contributed by atoms with Gasteiger partial charge in [-0.15, -0.1) is 0 Å². The third kappa shape index (κ3) is 2.11. The molecule has 0 heterocycles. The molecule has 1 atom stereocenters. The summed E-state index contributed by atoms with van der Waals surface area (Å²) in [4.78, 5) is 0. The SMILES string of the molecule is CC1=CCC(/C(=C/N)CN)CC1. The average Bonchev–Trinajstić information content (AvgIpc) is 2.10. The zero-order chi connectivity index (χ0) is 8.97. The molecule has 1 aliphatic rings. The van der Waals surface area contributed by atoms with E-state index in [0.29, 0.717) is 12.5 Å². The molecule has 0 aromatic heterocycles. The molecular formula is C10H18N2. The van der Waals surface area contributed by atoms with Gasteiger partial charge >= 0.3 is 0 Å². The van der Waals surface area contributed by atoms with Gasteiger partial charge in [-0.2, -0.15) is 0 Å². The molecule has 0 fully saturated rings. The van der Waals surface area contributed by atoms with Gasteiger partial charge in [0.25, 0.3) is 0 Å². The molecule has 0 aromatic rings. The van der Waals surface area contributed by atoms with Crippen molar-refractivity contribution in [2.24, 2.45) is 17.4 Å². The molecule has 0 bridgehead atoms. The van der Waals surface area contributed by atoms with Crippen molar-refractivity contribution in [3.05, 3.63) is 23.4 Å². The molecular weight excluding hydrogens is 148 g/mol. The number of hydrogen-bond acceptors (Lipinski definition) is 2. The van der Waals surface area contributed by atoms with Gasteiger partial charge in [-0.3, -0.25) is 0 Å². The maximum Gasteiger partial charge on any atom is 0.0157 e. The average molecular weight is 166 g/mol. The minimum absolute atomic E-state index is 0.601. The molecule has 4 N–H and O–H groups in total. The Morgan fingerprint density at radius 3 is 2.92 bits per heavy atom. The summed E-state index contributed by atoms with van der Waals surface area (Å²) in [6, 6.07) is 0. The number of hydrogen-bond donors (Lipinski definition) is 2. The van der Waals surface area contributed by atoms with E-state index >= 15 is 0 Å². The van der Waals surface area contributed by atoms with Gasteiger partial charge in [0.2, 0.25) is 0 Å². The van der Waals surface area contributed by atoms with Crippen molar-refractivity contribution in [1.29, 1.82) is 0 Å². The second-order valence-corrected chi connectivity index (χ2v) is 3.47. The number of allylic oxidation sites excluding steroid dienone is 2. The molecule has 0 radical (unpaired) electrons. The Kier molecular flexibility index (Phi) is 3.35. The van der Waals surface area contributed by atoms with Gasteiger partial charge in [-0.1, -0.05) is 11.6 Å². The topological polar surface area (TPSA) is 52.0 Å². The van der Waals surface area contributed by atoms with Crippen LogP contribution in [0.5, 0.6) is 0 Å². The van der Waals surface area contributed by atoms with Gasteiger partial charge in [0.1, 0.15) is 0 Å². The summed E-state index contributed by atoms with van der Waals surface area (Å²) >= 11 is 0. The minimum atomic E-state index is 0.601. The zero-order valence-corrected chi connectivity index (χ0v) is 7.72. The van der Waals surface area contributed by atoms with Crippen molar-refractivity contribution >= 4 is 0 Å². The fourth-order valence-electron chi connectivity index (χ4n) is 1.67. The lowest BCUT2D eigenvalue weighted by Gasteiger charge is -2.22. The summed E-state index contributed by atoms with van der Waals surface area (Å²) in [5, 5.41) is 0. The van der Waals surface area contributed by atoms with E-state index in [9.17, 15) is 0 Å². The van der Waals surface area contributed by atoms with Crippen LogP contribution in [0.25, 0.3) is 0 Å². The van der Waals surface area contributed by atoms with E-state index in [1.54, 1.807) is 6.20 Å².